The van der Waals surface area contributed by atoms with Crippen molar-refractivity contribution >= 4 is 27.5 Å². The standard InChI is InChI=1S/C30H34ClF4N5O4S/c1-45(43,44)39-13-10-27-25(18-39)28(37-40(27)17-24(41)16-38-11-8-22(9-12-38)30(33,34)35)20-4-7-26(31)21(14-20)15-36-29(42)19-2-5-23(32)6-3-19/h2-7,14,22,24,41H,8-13,15-18H2,1H3,(H,36,42). The fourth-order valence-corrected chi connectivity index (χ4v) is 6.84. The van der Waals surface area contributed by atoms with E-state index in [1.54, 1.807) is 22.9 Å². The molecule has 1 amide bonds. The van der Waals surface area contributed by atoms with Crippen LogP contribution >= 0.6 is 11.6 Å². The summed E-state index contributed by atoms with van der Waals surface area (Å²) in [6.07, 6.45) is -3.67. The van der Waals surface area contributed by atoms with Gasteiger partial charge < -0.3 is 15.3 Å². The minimum atomic E-state index is -4.22. The third kappa shape index (κ3) is 8.04. The molecule has 0 spiro atoms. The van der Waals surface area contributed by atoms with Crippen LogP contribution in [0.5, 0.6) is 0 Å². The van der Waals surface area contributed by atoms with Crippen molar-refractivity contribution in [1.29, 1.82) is 0 Å². The second kappa shape index (κ2) is 13.4. The van der Waals surface area contributed by atoms with Crippen LogP contribution in [-0.4, -0.2) is 83.1 Å². The highest BCUT2D eigenvalue weighted by Gasteiger charge is 2.41. The molecule has 0 radical (unpaired) electrons. The maximum absolute atomic E-state index is 13.3. The van der Waals surface area contributed by atoms with Crippen LogP contribution in [-0.2, 0) is 36.1 Å². The average molecular weight is 672 g/mol. The number of fused-ring (bicyclic) bond motifs is 1. The summed E-state index contributed by atoms with van der Waals surface area (Å²) in [5.74, 6) is -2.21. The first kappa shape index (κ1) is 33.3. The fraction of sp³-hybridized carbons (Fsp3) is 0.467. The second-order valence-electron chi connectivity index (χ2n) is 11.6. The van der Waals surface area contributed by atoms with Gasteiger partial charge in [0.15, 0.2) is 0 Å². The summed E-state index contributed by atoms with van der Waals surface area (Å²) < 4.78 is 80.3. The van der Waals surface area contributed by atoms with Gasteiger partial charge in [-0.05, 0) is 67.9 Å². The van der Waals surface area contributed by atoms with Crippen LogP contribution in [0.25, 0.3) is 11.3 Å². The van der Waals surface area contributed by atoms with Crippen LogP contribution in [0, 0.1) is 11.7 Å². The molecule has 1 aromatic heterocycles. The number of carbonyl (C=O) groups is 1. The van der Waals surface area contributed by atoms with Crippen molar-refractivity contribution in [3.63, 3.8) is 0 Å². The largest absolute Gasteiger partial charge is 0.391 e. The number of sulfonamides is 1. The van der Waals surface area contributed by atoms with E-state index in [-0.39, 0.29) is 64.2 Å². The Balaban J connectivity index is 1.36. The van der Waals surface area contributed by atoms with Crippen LogP contribution in [0.4, 0.5) is 17.6 Å². The molecular weight excluding hydrogens is 638 g/mol. The van der Waals surface area contributed by atoms with Gasteiger partial charge in [-0.3, -0.25) is 9.48 Å². The first-order valence-corrected chi connectivity index (χ1v) is 16.7. The predicted molar refractivity (Wildman–Crippen MR) is 160 cm³/mol. The molecule has 0 aliphatic carbocycles. The lowest BCUT2D eigenvalue weighted by Gasteiger charge is -2.34. The Morgan fingerprint density at radius 3 is 2.44 bits per heavy atom. The van der Waals surface area contributed by atoms with E-state index in [0.717, 1.165) is 11.9 Å². The molecule has 1 fully saturated rings. The van der Waals surface area contributed by atoms with Gasteiger partial charge in [0.05, 0.1) is 30.5 Å². The normalized spacial score (nSPS) is 17.7. The van der Waals surface area contributed by atoms with Crippen LogP contribution in [0.3, 0.4) is 0 Å². The summed E-state index contributed by atoms with van der Waals surface area (Å²) >= 11 is 6.45. The number of amides is 1. The predicted octanol–water partition coefficient (Wildman–Crippen LogP) is 4.23. The van der Waals surface area contributed by atoms with Crippen molar-refractivity contribution in [2.75, 3.05) is 32.4 Å². The van der Waals surface area contributed by atoms with Gasteiger partial charge in [0.1, 0.15) is 5.82 Å². The van der Waals surface area contributed by atoms with Gasteiger partial charge in [0, 0.05) is 60.0 Å². The number of hydrogen-bond acceptors (Lipinski definition) is 6. The number of nitrogens with zero attached hydrogens (tertiary/aromatic N) is 4. The van der Waals surface area contributed by atoms with E-state index in [2.05, 4.69) is 5.32 Å². The molecule has 2 aliphatic rings. The third-order valence-electron chi connectivity index (χ3n) is 8.34. The number of alkyl halides is 3. The molecule has 15 heteroatoms. The summed E-state index contributed by atoms with van der Waals surface area (Å²) in [6.45, 7) is 1.10. The van der Waals surface area contributed by atoms with Gasteiger partial charge in [0.2, 0.25) is 10.0 Å². The maximum atomic E-state index is 13.3. The summed E-state index contributed by atoms with van der Waals surface area (Å²) in [5.41, 5.74) is 3.42. The van der Waals surface area contributed by atoms with Gasteiger partial charge in [-0.2, -0.15) is 22.6 Å². The van der Waals surface area contributed by atoms with Crippen molar-refractivity contribution in [3.8, 4) is 11.3 Å². The molecule has 244 valence electrons. The molecule has 45 heavy (non-hydrogen) atoms. The highest BCUT2D eigenvalue weighted by molar-refractivity contribution is 7.88. The summed E-state index contributed by atoms with van der Waals surface area (Å²) in [6, 6.07) is 10.3. The topological polar surface area (TPSA) is 108 Å². The minimum absolute atomic E-state index is 0.0118. The Bertz CT molecular complexity index is 1640. The molecule has 1 atom stereocenters. The van der Waals surface area contributed by atoms with Crippen LogP contribution in [0.2, 0.25) is 5.02 Å². The number of β-amino-alcohol motifs (C(OH)–C–C–N with tert-alkyl or cyclic N) is 1. The number of hydrogen-bond donors (Lipinski definition) is 2. The van der Waals surface area contributed by atoms with Crippen molar-refractivity contribution in [3.05, 3.63) is 75.7 Å². The molecule has 9 nitrogen and oxygen atoms in total. The summed E-state index contributed by atoms with van der Waals surface area (Å²) in [5, 5.41) is 18.9. The zero-order valence-corrected chi connectivity index (χ0v) is 26.1. The number of likely N-dealkylation sites (tertiary alicyclic amines) is 1. The molecule has 1 saturated heterocycles. The fourth-order valence-electron chi connectivity index (χ4n) is 5.87. The number of carbonyl (C=O) groups excluding carboxylic acids is 1. The summed E-state index contributed by atoms with van der Waals surface area (Å²) in [4.78, 5) is 14.4. The Hall–Kier alpha value is -3.04. The lowest BCUT2D eigenvalue weighted by molar-refractivity contribution is -0.185. The number of aliphatic hydroxyl groups is 1. The number of benzene rings is 2. The SMILES string of the molecule is CS(=O)(=O)N1CCc2c(c(-c3ccc(Cl)c(CNC(=O)c4ccc(F)cc4)c3)nn2CC(O)CN2CCC(C(F)(F)F)CC2)C1. The molecule has 0 saturated carbocycles. The van der Waals surface area contributed by atoms with Gasteiger partial charge in [-0.25, -0.2) is 12.8 Å². The third-order valence-corrected chi connectivity index (χ3v) is 9.95. The maximum Gasteiger partial charge on any atom is 0.391 e. The highest BCUT2D eigenvalue weighted by atomic mass is 35.5. The van der Waals surface area contributed by atoms with E-state index >= 15 is 0 Å². The Morgan fingerprint density at radius 1 is 1.11 bits per heavy atom. The van der Waals surface area contributed by atoms with Crippen molar-refractivity contribution < 1.29 is 35.9 Å². The van der Waals surface area contributed by atoms with Crippen LogP contribution in [0.15, 0.2) is 42.5 Å². The number of aromatic nitrogens is 2. The molecule has 1 unspecified atom stereocenters. The van der Waals surface area contributed by atoms with Gasteiger partial charge >= 0.3 is 6.18 Å². The lowest BCUT2D eigenvalue weighted by atomic mass is 9.96. The summed E-state index contributed by atoms with van der Waals surface area (Å²) in [7, 11) is -3.51. The molecular formula is C30H34ClF4N5O4S. The Labute approximate surface area is 263 Å². The highest BCUT2D eigenvalue weighted by Crippen LogP contribution is 2.35. The number of nitrogens with one attached hydrogen (secondary N) is 1. The Morgan fingerprint density at radius 2 is 1.80 bits per heavy atom. The molecule has 5 rings (SSSR count). The zero-order chi connectivity index (χ0) is 32.5. The first-order chi connectivity index (χ1) is 21.2. The minimum Gasteiger partial charge on any atom is -0.390 e. The van der Waals surface area contributed by atoms with Gasteiger partial charge in [-0.15, -0.1) is 0 Å². The second-order valence-corrected chi connectivity index (χ2v) is 14.0. The number of halogens is 5. The van der Waals surface area contributed by atoms with E-state index in [1.165, 1.54) is 28.6 Å². The van der Waals surface area contributed by atoms with E-state index in [0.29, 0.717) is 33.8 Å². The van der Waals surface area contributed by atoms with Gasteiger partial charge in [0.25, 0.3) is 5.91 Å². The molecule has 3 heterocycles. The van der Waals surface area contributed by atoms with Gasteiger partial charge in [-0.1, -0.05) is 17.7 Å². The number of piperidine rings is 1. The van der Waals surface area contributed by atoms with E-state index in [1.807, 2.05) is 4.90 Å². The van der Waals surface area contributed by atoms with Crippen molar-refractivity contribution in [1.82, 2.24) is 24.3 Å². The molecule has 2 aromatic carbocycles. The molecule has 2 N–H and O–H groups in total. The molecule has 0 bridgehead atoms. The quantitative estimate of drug-likeness (QED) is 0.330. The smallest absolute Gasteiger partial charge is 0.390 e. The van der Waals surface area contributed by atoms with E-state index < -0.39 is 39.9 Å². The van der Waals surface area contributed by atoms with Crippen molar-refractivity contribution in [2.45, 2.75) is 51.2 Å². The zero-order valence-electron chi connectivity index (χ0n) is 24.5. The first-order valence-electron chi connectivity index (χ1n) is 14.5. The molecule has 3 aromatic rings. The van der Waals surface area contributed by atoms with E-state index in [4.69, 9.17) is 16.7 Å². The van der Waals surface area contributed by atoms with Crippen LogP contribution in [0.1, 0.15) is 40.0 Å². The number of aliphatic hydroxyl groups excluding tert-OH is 1. The molecule has 2 aliphatic heterocycles. The Kier molecular flexibility index (Phi) is 9.90. The van der Waals surface area contributed by atoms with E-state index in [9.17, 15) is 35.9 Å². The monoisotopic (exact) mass is 671 g/mol. The van der Waals surface area contributed by atoms with Crippen LogP contribution < -0.4 is 5.32 Å². The number of rotatable bonds is 9. The lowest BCUT2D eigenvalue weighted by Crippen LogP contribution is -2.43. The van der Waals surface area contributed by atoms with Crippen molar-refractivity contribution in [2.24, 2.45) is 5.92 Å². The average Bonchev–Trinajstić information content (AvgIpc) is 3.33.